The van der Waals surface area contributed by atoms with E-state index in [9.17, 15) is 4.79 Å². The van der Waals surface area contributed by atoms with E-state index in [1.807, 2.05) is 47.6 Å². The number of ether oxygens (including phenoxy) is 3. The van der Waals surface area contributed by atoms with Gasteiger partial charge in [0.05, 0.1) is 13.2 Å². The second-order valence-electron chi connectivity index (χ2n) is 4.21. The number of carbonyl (C=O) groups is 1. The molecule has 4 heteroatoms. The minimum absolute atomic E-state index is 0.373. The molecule has 0 aliphatic rings. The quantitative estimate of drug-likeness (QED) is 0.430. The van der Waals surface area contributed by atoms with Gasteiger partial charge in [0, 0.05) is 6.08 Å². The molecule has 18 heavy (non-hydrogen) atoms. The van der Waals surface area contributed by atoms with Crippen molar-refractivity contribution in [1.29, 1.82) is 0 Å². The summed E-state index contributed by atoms with van der Waals surface area (Å²) in [5.41, 5.74) is -0.398. The summed E-state index contributed by atoms with van der Waals surface area (Å²) >= 11 is 0. The molecule has 0 fully saturated rings. The summed E-state index contributed by atoms with van der Waals surface area (Å²) < 4.78 is 15.0. The lowest BCUT2D eigenvalue weighted by molar-refractivity contribution is -0.148. The van der Waals surface area contributed by atoms with E-state index < -0.39 is 5.60 Å². The Bertz CT molecular complexity index is 253. The zero-order valence-corrected chi connectivity index (χ0v) is 12.4. The molecule has 106 valence electrons. The molecular formula is C14H26O4. The van der Waals surface area contributed by atoms with Crippen LogP contribution < -0.4 is 0 Å². The van der Waals surface area contributed by atoms with Crippen LogP contribution in [-0.2, 0) is 19.0 Å². The van der Waals surface area contributed by atoms with Gasteiger partial charge in [0.2, 0.25) is 0 Å². The second kappa shape index (κ2) is 10.7. The maximum atomic E-state index is 10.5. The summed E-state index contributed by atoms with van der Waals surface area (Å²) in [6.07, 6.45) is 2.97. The Morgan fingerprint density at radius 2 is 1.61 bits per heavy atom. The van der Waals surface area contributed by atoms with Crippen molar-refractivity contribution in [2.45, 2.75) is 47.1 Å². The van der Waals surface area contributed by atoms with Crippen LogP contribution in [0.2, 0.25) is 0 Å². The molecule has 0 bridgehead atoms. The number of rotatable bonds is 5. The fourth-order valence-electron chi connectivity index (χ4n) is 0.836. The molecule has 0 spiro atoms. The molecular weight excluding hydrogens is 232 g/mol. The molecule has 0 amide bonds. The van der Waals surface area contributed by atoms with Gasteiger partial charge in [0.15, 0.2) is 0 Å². The molecule has 0 N–H and O–H groups in total. The molecule has 0 aliphatic heterocycles. The molecule has 4 nitrogen and oxygen atoms in total. The lowest BCUT2D eigenvalue weighted by atomic mass is 10.2. The molecule has 0 saturated heterocycles. The summed E-state index contributed by atoms with van der Waals surface area (Å²) in [4.78, 5) is 10.5. The first kappa shape index (κ1) is 18.9. The molecule has 0 saturated carbocycles. The lowest BCUT2D eigenvalue weighted by Gasteiger charge is -2.17. The SMILES string of the molecule is C=CC(=O)OC(C)(C)C.CC=C(OCC)OCC. The molecule has 0 radical (unpaired) electrons. The summed E-state index contributed by atoms with van der Waals surface area (Å²) in [5.74, 6) is 0.252. The van der Waals surface area contributed by atoms with Crippen molar-refractivity contribution in [3.63, 3.8) is 0 Å². The van der Waals surface area contributed by atoms with Crippen LogP contribution in [0.15, 0.2) is 24.7 Å². The topological polar surface area (TPSA) is 44.8 Å². The van der Waals surface area contributed by atoms with Crippen LogP contribution in [-0.4, -0.2) is 24.8 Å². The van der Waals surface area contributed by atoms with E-state index >= 15 is 0 Å². The van der Waals surface area contributed by atoms with Crippen LogP contribution in [0.3, 0.4) is 0 Å². The minimum atomic E-state index is -0.398. The molecule has 0 unspecified atom stereocenters. The minimum Gasteiger partial charge on any atom is -0.466 e. The summed E-state index contributed by atoms with van der Waals surface area (Å²) in [6.45, 7) is 15.8. The Hall–Kier alpha value is -1.45. The Morgan fingerprint density at radius 1 is 1.17 bits per heavy atom. The van der Waals surface area contributed by atoms with Crippen LogP contribution in [0.25, 0.3) is 0 Å². The Balaban J connectivity index is 0. The van der Waals surface area contributed by atoms with E-state index in [1.165, 1.54) is 0 Å². The van der Waals surface area contributed by atoms with Gasteiger partial charge in [-0.25, -0.2) is 4.79 Å². The second-order valence-corrected chi connectivity index (χ2v) is 4.21. The predicted octanol–water partition coefficient (Wildman–Crippen LogP) is 3.43. The van der Waals surface area contributed by atoms with Gasteiger partial charge in [-0.15, -0.1) is 0 Å². The van der Waals surface area contributed by atoms with Gasteiger partial charge < -0.3 is 14.2 Å². The van der Waals surface area contributed by atoms with Gasteiger partial charge in [-0.05, 0) is 47.6 Å². The normalized spacial score (nSPS) is 9.44. The molecule has 0 aromatic carbocycles. The number of hydrogen-bond acceptors (Lipinski definition) is 4. The molecule has 0 heterocycles. The lowest BCUT2D eigenvalue weighted by Crippen LogP contribution is -2.22. The van der Waals surface area contributed by atoms with E-state index in [4.69, 9.17) is 14.2 Å². The van der Waals surface area contributed by atoms with Crippen molar-refractivity contribution in [2.75, 3.05) is 13.2 Å². The summed E-state index contributed by atoms with van der Waals surface area (Å²) in [6, 6.07) is 0. The van der Waals surface area contributed by atoms with Gasteiger partial charge in [-0.3, -0.25) is 0 Å². The van der Waals surface area contributed by atoms with E-state index in [2.05, 4.69) is 6.58 Å². The monoisotopic (exact) mass is 258 g/mol. The molecule has 0 aromatic heterocycles. The maximum absolute atomic E-state index is 10.5. The highest BCUT2D eigenvalue weighted by molar-refractivity contribution is 5.81. The maximum Gasteiger partial charge on any atom is 0.330 e. The van der Waals surface area contributed by atoms with Crippen LogP contribution in [0, 0.1) is 0 Å². The van der Waals surface area contributed by atoms with Gasteiger partial charge in [0.1, 0.15) is 5.60 Å². The third kappa shape index (κ3) is 14.6. The predicted molar refractivity (Wildman–Crippen MR) is 73.1 cm³/mol. The van der Waals surface area contributed by atoms with Crippen molar-refractivity contribution < 1.29 is 19.0 Å². The van der Waals surface area contributed by atoms with Crippen molar-refractivity contribution in [3.8, 4) is 0 Å². The molecule has 0 aliphatic carbocycles. The van der Waals surface area contributed by atoms with E-state index in [1.54, 1.807) is 0 Å². The van der Waals surface area contributed by atoms with Crippen molar-refractivity contribution in [3.05, 3.63) is 24.7 Å². The van der Waals surface area contributed by atoms with Gasteiger partial charge in [0.25, 0.3) is 5.95 Å². The Kier molecular flexibility index (Phi) is 11.2. The van der Waals surface area contributed by atoms with Gasteiger partial charge in [-0.1, -0.05) is 6.58 Å². The summed E-state index contributed by atoms with van der Waals surface area (Å²) in [5, 5.41) is 0. The average Bonchev–Trinajstić information content (AvgIpc) is 2.27. The smallest absolute Gasteiger partial charge is 0.330 e. The summed E-state index contributed by atoms with van der Waals surface area (Å²) in [7, 11) is 0. The third-order valence-electron chi connectivity index (χ3n) is 1.38. The van der Waals surface area contributed by atoms with Crippen molar-refractivity contribution in [2.24, 2.45) is 0 Å². The first-order valence-corrected chi connectivity index (χ1v) is 6.08. The first-order chi connectivity index (χ1) is 8.30. The van der Waals surface area contributed by atoms with E-state index in [0.29, 0.717) is 19.2 Å². The number of allylic oxidation sites excluding steroid dienone is 1. The molecule has 0 atom stereocenters. The zero-order valence-electron chi connectivity index (χ0n) is 12.4. The number of hydrogen-bond donors (Lipinski definition) is 0. The highest BCUT2D eigenvalue weighted by Gasteiger charge is 2.12. The average molecular weight is 258 g/mol. The van der Waals surface area contributed by atoms with Gasteiger partial charge in [-0.2, -0.15) is 0 Å². The van der Waals surface area contributed by atoms with Crippen molar-refractivity contribution in [1.82, 2.24) is 0 Å². The van der Waals surface area contributed by atoms with E-state index in [-0.39, 0.29) is 5.97 Å². The highest BCUT2D eigenvalue weighted by atomic mass is 16.7. The fraction of sp³-hybridized carbons (Fsp3) is 0.643. The molecule has 0 aromatic rings. The van der Waals surface area contributed by atoms with E-state index in [0.717, 1.165) is 6.08 Å². The Morgan fingerprint density at radius 3 is 1.78 bits per heavy atom. The largest absolute Gasteiger partial charge is 0.466 e. The van der Waals surface area contributed by atoms with Crippen LogP contribution in [0.1, 0.15) is 41.5 Å². The Labute approximate surface area is 111 Å². The standard InChI is InChI=1S/C7H12O2.C7H14O2/c1-5-6(8)9-7(2,3)4;1-4-7(8-5-2)9-6-3/h5H,1H2,2-4H3;4H,5-6H2,1-3H3. The van der Waals surface area contributed by atoms with Gasteiger partial charge >= 0.3 is 5.97 Å². The highest BCUT2D eigenvalue weighted by Crippen LogP contribution is 2.06. The number of esters is 1. The van der Waals surface area contributed by atoms with Crippen molar-refractivity contribution >= 4 is 5.97 Å². The van der Waals surface area contributed by atoms with Crippen LogP contribution in [0.5, 0.6) is 0 Å². The van der Waals surface area contributed by atoms with Crippen LogP contribution in [0.4, 0.5) is 0 Å². The third-order valence-corrected chi connectivity index (χ3v) is 1.38. The number of carbonyl (C=O) groups excluding carboxylic acids is 1. The van der Waals surface area contributed by atoms with Crippen LogP contribution >= 0.6 is 0 Å². The fourth-order valence-corrected chi connectivity index (χ4v) is 0.836. The molecule has 0 rings (SSSR count). The zero-order chi connectivity index (χ0) is 14.6. The first-order valence-electron chi connectivity index (χ1n) is 6.08.